The van der Waals surface area contributed by atoms with E-state index in [2.05, 4.69) is 15.3 Å². The number of aliphatic hydroxyl groups excluding tert-OH is 1. The number of hydrogen-bond donors (Lipinski definition) is 2. The molecule has 0 amide bonds. The van der Waals surface area contributed by atoms with Crippen molar-refractivity contribution in [2.45, 2.75) is 25.9 Å². The number of nitrogens with one attached hydrogen (secondary N) is 1. The van der Waals surface area contributed by atoms with Crippen LogP contribution in [0.3, 0.4) is 0 Å². The Morgan fingerprint density at radius 2 is 2.35 bits per heavy atom. The van der Waals surface area contributed by atoms with Crippen LogP contribution in [0.5, 0.6) is 0 Å². The molecule has 0 aromatic carbocycles. The molecule has 1 aliphatic rings. The Bertz CT molecular complexity index is 355. The first-order valence-electron chi connectivity index (χ1n) is 6.02. The van der Waals surface area contributed by atoms with Gasteiger partial charge in [-0.1, -0.05) is 0 Å². The van der Waals surface area contributed by atoms with E-state index < -0.39 is 6.10 Å². The van der Waals surface area contributed by atoms with Gasteiger partial charge in [-0.2, -0.15) is 0 Å². The van der Waals surface area contributed by atoms with E-state index in [-0.39, 0.29) is 0 Å². The SMILES string of the molecule is Cc1cncc(NCC(O)COCC2CC2)n1. The Morgan fingerprint density at radius 1 is 1.53 bits per heavy atom. The van der Waals surface area contributed by atoms with Gasteiger partial charge in [0.2, 0.25) is 0 Å². The molecule has 17 heavy (non-hydrogen) atoms. The van der Waals surface area contributed by atoms with Crippen LogP contribution in [0.2, 0.25) is 0 Å². The fourth-order valence-electron chi connectivity index (χ4n) is 1.49. The summed E-state index contributed by atoms with van der Waals surface area (Å²) in [4.78, 5) is 8.26. The highest BCUT2D eigenvalue weighted by atomic mass is 16.5. The van der Waals surface area contributed by atoms with E-state index in [9.17, 15) is 5.11 Å². The van der Waals surface area contributed by atoms with E-state index in [1.807, 2.05) is 6.92 Å². The van der Waals surface area contributed by atoms with E-state index in [1.54, 1.807) is 12.4 Å². The number of aryl methyl sites for hydroxylation is 1. The zero-order valence-corrected chi connectivity index (χ0v) is 10.1. The zero-order valence-electron chi connectivity index (χ0n) is 10.1. The Balaban J connectivity index is 1.62. The van der Waals surface area contributed by atoms with Crippen LogP contribution < -0.4 is 5.32 Å². The van der Waals surface area contributed by atoms with E-state index in [1.165, 1.54) is 12.8 Å². The molecular weight excluding hydrogens is 218 g/mol. The summed E-state index contributed by atoms with van der Waals surface area (Å²) in [6.45, 7) is 3.47. The molecule has 1 aromatic heterocycles. The third-order valence-electron chi connectivity index (χ3n) is 2.63. The molecule has 1 fully saturated rings. The highest BCUT2D eigenvalue weighted by Crippen LogP contribution is 2.28. The lowest BCUT2D eigenvalue weighted by atomic mass is 10.3. The second-order valence-corrected chi connectivity index (χ2v) is 4.56. The standard InChI is InChI=1S/C12H19N3O2/c1-9-4-13-6-12(15-9)14-5-11(16)8-17-7-10-2-3-10/h4,6,10-11,16H,2-3,5,7-8H2,1H3,(H,14,15). The van der Waals surface area contributed by atoms with Crippen molar-refractivity contribution in [3.8, 4) is 0 Å². The van der Waals surface area contributed by atoms with Crippen molar-refractivity contribution >= 4 is 5.82 Å². The fourth-order valence-corrected chi connectivity index (χ4v) is 1.49. The van der Waals surface area contributed by atoms with E-state index in [0.717, 1.165) is 18.2 Å². The average Bonchev–Trinajstić information content (AvgIpc) is 3.11. The van der Waals surface area contributed by atoms with Crippen LogP contribution in [-0.4, -0.2) is 40.9 Å². The first-order valence-corrected chi connectivity index (χ1v) is 6.02. The summed E-state index contributed by atoms with van der Waals surface area (Å²) in [5.41, 5.74) is 0.856. The summed E-state index contributed by atoms with van der Waals surface area (Å²) in [6, 6.07) is 0. The number of anilines is 1. The van der Waals surface area contributed by atoms with Gasteiger partial charge in [-0.25, -0.2) is 4.98 Å². The molecule has 1 heterocycles. The molecule has 0 bridgehead atoms. The highest BCUT2D eigenvalue weighted by Gasteiger charge is 2.21. The number of nitrogens with zero attached hydrogens (tertiary/aromatic N) is 2. The van der Waals surface area contributed by atoms with Gasteiger partial charge in [0.1, 0.15) is 5.82 Å². The summed E-state index contributed by atoms with van der Waals surface area (Å²) in [6.07, 6.45) is 5.38. The summed E-state index contributed by atoms with van der Waals surface area (Å²) < 4.78 is 5.41. The molecule has 2 rings (SSSR count). The predicted octanol–water partition coefficient (Wildman–Crippen LogP) is 0.984. The highest BCUT2D eigenvalue weighted by molar-refractivity contribution is 5.31. The molecule has 1 aliphatic carbocycles. The van der Waals surface area contributed by atoms with Gasteiger partial charge in [0.05, 0.1) is 24.6 Å². The number of hydrogen-bond acceptors (Lipinski definition) is 5. The van der Waals surface area contributed by atoms with Gasteiger partial charge in [-0.15, -0.1) is 0 Å². The lowest BCUT2D eigenvalue weighted by Gasteiger charge is -2.12. The van der Waals surface area contributed by atoms with Gasteiger partial charge in [0.15, 0.2) is 0 Å². The molecule has 0 radical (unpaired) electrons. The zero-order chi connectivity index (χ0) is 12.1. The quantitative estimate of drug-likeness (QED) is 0.740. The van der Waals surface area contributed by atoms with Gasteiger partial charge < -0.3 is 15.2 Å². The van der Waals surface area contributed by atoms with Gasteiger partial charge in [0.25, 0.3) is 0 Å². The van der Waals surface area contributed by atoms with Crippen LogP contribution in [-0.2, 0) is 4.74 Å². The van der Waals surface area contributed by atoms with Gasteiger partial charge >= 0.3 is 0 Å². The van der Waals surface area contributed by atoms with Gasteiger partial charge in [0, 0.05) is 19.3 Å². The van der Waals surface area contributed by atoms with Crippen LogP contribution in [0, 0.1) is 12.8 Å². The minimum Gasteiger partial charge on any atom is -0.389 e. The second-order valence-electron chi connectivity index (χ2n) is 4.56. The van der Waals surface area contributed by atoms with Crippen molar-refractivity contribution in [2.24, 2.45) is 5.92 Å². The maximum absolute atomic E-state index is 9.68. The Hall–Kier alpha value is -1.20. The number of aliphatic hydroxyl groups is 1. The van der Waals surface area contributed by atoms with Crippen LogP contribution in [0.1, 0.15) is 18.5 Å². The van der Waals surface area contributed by atoms with E-state index in [0.29, 0.717) is 19.0 Å². The molecule has 1 atom stereocenters. The third kappa shape index (κ3) is 4.66. The third-order valence-corrected chi connectivity index (χ3v) is 2.63. The minimum atomic E-state index is -0.504. The first kappa shape index (κ1) is 12.3. The van der Waals surface area contributed by atoms with E-state index >= 15 is 0 Å². The van der Waals surface area contributed by atoms with Crippen molar-refractivity contribution in [3.63, 3.8) is 0 Å². The maximum Gasteiger partial charge on any atom is 0.144 e. The monoisotopic (exact) mass is 237 g/mol. The molecular formula is C12H19N3O2. The maximum atomic E-state index is 9.68. The fraction of sp³-hybridized carbons (Fsp3) is 0.667. The predicted molar refractivity (Wildman–Crippen MR) is 64.8 cm³/mol. The van der Waals surface area contributed by atoms with Crippen molar-refractivity contribution in [2.75, 3.05) is 25.1 Å². The number of aromatic nitrogens is 2. The van der Waals surface area contributed by atoms with Crippen molar-refractivity contribution < 1.29 is 9.84 Å². The molecule has 2 N–H and O–H groups in total. The molecule has 5 nitrogen and oxygen atoms in total. The van der Waals surface area contributed by atoms with Gasteiger partial charge in [-0.3, -0.25) is 4.98 Å². The van der Waals surface area contributed by atoms with Gasteiger partial charge in [-0.05, 0) is 25.7 Å². The van der Waals surface area contributed by atoms with Crippen molar-refractivity contribution in [1.82, 2.24) is 9.97 Å². The minimum absolute atomic E-state index is 0.378. The average molecular weight is 237 g/mol. The van der Waals surface area contributed by atoms with E-state index in [4.69, 9.17) is 4.74 Å². The Labute approximate surface area is 101 Å². The molecule has 1 saturated carbocycles. The largest absolute Gasteiger partial charge is 0.389 e. The lowest BCUT2D eigenvalue weighted by Crippen LogP contribution is -2.25. The molecule has 1 unspecified atom stereocenters. The topological polar surface area (TPSA) is 67.3 Å². The van der Waals surface area contributed by atoms with Crippen molar-refractivity contribution in [3.05, 3.63) is 18.1 Å². The molecule has 0 aliphatic heterocycles. The summed E-state index contributed by atoms with van der Waals surface area (Å²) in [5, 5.41) is 12.7. The lowest BCUT2D eigenvalue weighted by molar-refractivity contribution is 0.0385. The normalized spacial score (nSPS) is 16.8. The Kier molecular flexibility index (Phi) is 4.28. The molecule has 94 valence electrons. The van der Waals surface area contributed by atoms with Crippen LogP contribution in [0.15, 0.2) is 12.4 Å². The molecule has 0 saturated heterocycles. The molecule has 5 heteroatoms. The summed E-state index contributed by atoms with van der Waals surface area (Å²) in [5.74, 6) is 1.42. The summed E-state index contributed by atoms with van der Waals surface area (Å²) in [7, 11) is 0. The summed E-state index contributed by atoms with van der Waals surface area (Å²) >= 11 is 0. The molecule has 0 spiro atoms. The first-order chi connectivity index (χ1) is 8.24. The van der Waals surface area contributed by atoms with Crippen LogP contribution in [0.4, 0.5) is 5.82 Å². The number of ether oxygens (including phenoxy) is 1. The molecule has 1 aromatic rings. The number of rotatable bonds is 7. The smallest absolute Gasteiger partial charge is 0.144 e. The van der Waals surface area contributed by atoms with Crippen molar-refractivity contribution in [1.29, 1.82) is 0 Å². The Morgan fingerprint density at radius 3 is 3.06 bits per heavy atom. The second kappa shape index (κ2) is 5.93. The van der Waals surface area contributed by atoms with Crippen LogP contribution >= 0.6 is 0 Å². The van der Waals surface area contributed by atoms with Crippen LogP contribution in [0.25, 0.3) is 0 Å².